The number of hydrogen-bond acceptors (Lipinski definition) is 4. The van der Waals surface area contributed by atoms with E-state index in [1.807, 2.05) is 12.1 Å². The van der Waals surface area contributed by atoms with Gasteiger partial charge in [-0.25, -0.2) is 12.7 Å². The quantitative estimate of drug-likeness (QED) is 0.741. The van der Waals surface area contributed by atoms with Crippen LogP contribution < -0.4 is 10.9 Å². The van der Waals surface area contributed by atoms with Gasteiger partial charge in [0.1, 0.15) is 0 Å². The van der Waals surface area contributed by atoms with Crippen LogP contribution in [0.25, 0.3) is 0 Å². The number of nitrogens with one attached hydrogen (secondary N) is 2. The van der Waals surface area contributed by atoms with Gasteiger partial charge in [0.15, 0.2) is 0 Å². The second-order valence-electron chi connectivity index (χ2n) is 6.95. The molecule has 7 nitrogen and oxygen atoms in total. The van der Waals surface area contributed by atoms with Gasteiger partial charge in [0, 0.05) is 19.7 Å². The van der Waals surface area contributed by atoms with E-state index in [0.29, 0.717) is 0 Å². The summed E-state index contributed by atoms with van der Waals surface area (Å²) in [5.41, 5.74) is 8.37. The van der Waals surface area contributed by atoms with Gasteiger partial charge in [-0.1, -0.05) is 24.3 Å². The Morgan fingerprint density at radius 3 is 2.50 bits per heavy atom. The summed E-state index contributed by atoms with van der Waals surface area (Å²) in [6.07, 6.45) is 3.42. The fourth-order valence-electron chi connectivity index (χ4n) is 3.17. The van der Waals surface area contributed by atoms with E-state index in [2.05, 4.69) is 16.9 Å². The number of fused-ring (bicyclic) bond motifs is 1. The lowest BCUT2D eigenvalue weighted by Crippen LogP contribution is -2.42. The molecule has 0 heterocycles. The van der Waals surface area contributed by atoms with Gasteiger partial charge in [-0.05, 0) is 54.2 Å². The molecule has 1 aliphatic rings. The van der Waals surface area contributed by atoms with Crippen LogP contribution in [0.2, 0.25) is 0 Å². The predicted octanol–water partition coefficient (Wildman–Crippen LogP) is 1.43. The van der Waals surface area contributed by atoms with Gasteiger partial charge < -0.3 is 0 Å². The van der Waals surface area contributed by atoms with Gasteiger partial charge in [0.05, 0.1) is 11.3 Å². The Labute approximate surface area is 164 Å². The molecule has 0 bridgehead atoms. The van der Waals surface area contributed by atoms with Crippen molar-refractivity contribution in [2.45, 2.75) is 30.6 Å². The highest BCUT2D eigenvalue weighted by Crippen LogP contribution is 2.23. The third-order valence-electron chi connectivity index (χ3n) is 4.72. The molecule has 0 unspecified atom stereocenters. The molecule has 2 aromatic rings. The first-order valence-electron chi connectivity index (χ1n) is 9.00. The van der Waals surface area contributed by atoms with Crippen molar-refractivity contribution in [1.82, 2.24) is 15.2 Å². The van der Waals surface area contributed by atoms with E-state index in [9.17, 15) is 18.0 Å². The lowest BCUT2D eigenvalue weighted by molar-refractivity contribution is -0.121. The highest BCUT2D eigenvalue weighted by Gasteiger charge is 2.19. The van der Waals surface area contributed by atoms with Crippen LogP contribution in [0.3, 0.4) is 0 Å². The van der Waals surface area contributed by atoms with Crippen molar-refractivity contribution in [3.63, 3.8) is 0 Å². The monoisotopic (exact) mass is 401 g/mol. The van der Waals surface area contributed by atoms with Crippen LogP contribution in [0.1, 0.15) is 33.5 Å². The van der Waals surface area contributed by atoms with Gasteiger partial charge >= 0.3 is 0 Å². The van der Waals surface area contributed by atoms with Gasteiger partial charge in [-0.3, -0.25) is 20.4 Å². The maximum absolute atomic E-state index is 12.3. The SMILES string of the molecule is CN(C)S(=O)(=O)c1cccc(C(=O)NNC(=O)Cc2ccc3c(c2)CCC3)c1. The summed E-state index contributed by atoms with van der Waals surface area (Å²) in [4.78, 5) is 24.4. The van der Waals surface area contributed by atoms with Gasteiger partial charge in [-0.15, -0.1) is 0 Å². The zero-order valence-electron chi connectivity index (χ0n) is 15.9. The summed E-state index contributed by atoms with van der Waals surface area (Å²) < 4.78 is 25.4. The van der Waals surface area contributed by atoms with E-state index in [-0.39, 0.29) is 22.8 Å². The Hall–Kier alpha value is -2.71. The van der Waals surface area contributed by atoms with Crippen molar-refractivity contribution in [3.05, 3.63) is 64.7 Å². The van der Waals surface area contributed by atoms with E-state index in [4.69, 9.17) is 0 Å². The molecule has 8 heteroatoms. The van der Waals surface area contributed by atoms with Crippen molar-refractivity contribution in [2.24, 2.45) is 0 Å². The van der Waals surface area contributed by atoms with Gasteiger partial charge in [0.25, 0.3) is 5.91 Å². The molecule has 2 aromatic carbocycles. The van der Waals surface area contributed by atoms with Crippen molar-refractivity contribution < 1.29 is 18.0 Å². The standard InChI is InChI=1S/C20H23N3O4S/c1-23(2)28(26,27)18-8-4-7-17(13-18)20(25)22-21-19(24)12-14-9-10-15-5-3-6-16(15)11-14/h4,7-11,13H,3,5-6,12H2,1-2H3,(H,21,24)(H,22,25). The highest BCUT2D eigenvalue weighted by atomic mass is 32.2. The molecule has 0 aliphatic heterocycles. The number of aryl methyl sites for hydroxylation is 2. The number of carbonyl (C=O) groups is 2. The maximum atomic E-state index is 12.3. The van der Waals surface area contributed by atoms with Crippen LogP contribution in [0.4, 0.5) is 0 Å². The predicted molar refractivity (Wildman–Crippen MR) is 105 cm³/mol. The van der Waals surface area contributed by atoms with E-state index >= 15 is 0 Å². The fourth-order valence-corrected chi connectivity index (χ4v) is 4.12. The molecule has 0 aromatic heterocycles. The Morgan fingerprint density at radius 1 is 1.00 bits per heavy atom. The Bertz CT molecular complexity index is 1020. The van der Waals surface area contributed by atoms with Gasteiger partial charge in [0.2, 0.25) is 15.9 Å². The molecule has 0 saturated heterocycles. The van der Waals surface area contributed by atoms with Crippen LogP contribution in [-0.2, 0) is 34.1 Å². The van der Waals surface area contributed by atoms with E-state index in [0.717, 1.165) is 29.1 Å². The molecule has 2 amide bonds. The lowest BCUT2D eigenvalue weighted by Gasteiger charge is -2.12. The van der Waals surface area contributed by atoms with Crippen LogP contribution in [-0.4, -0.2) is 38.6 Å². The summed E-state index contributed by atoms with van der Waals surface area (Å²) in [6, 6.07) is 11.7. The highest BCUT2D eigenvalue weighted by molar-refractivity contribution is 7.89. The molecule has 0 fully saturated rings. The summed E-state index contributed by atoms with van der Waals surface area (Å²) in [5, 5.41) is 0. The number of hydrazine groups is 1. The van der Waals surface area contributed by atoms with Crippen molar-refractivity contribution in [3.8, 4) is 0 Å². The largest absolute Gasteiger partial charge is 0.273 e. The molecule has 0 radical (unpaired) electrons. The van der Waals surface area contributed by atoms with Crippen LogP contribution >= 0.6 is 0 Å². The fraction of sp³-hybridized carbons (Fsp3) is 0.300. The number of benzene rings is 2. The molecule has 1 aliphatic carbocycles. The second kappa shape index (κ2) is 8.12. The molecule has 0 spiro atoms. The van der Waals surface area contributed by atoms with E-state index < -0.39 is 15.9 Å². The Balaban J connectivity index is 1.60. The first-order chi connectivity index (χ1) is 13.3. The maximum Gasteiger partial charge on any atom is 0.269 e. The Kier molecular flexibility index (Phi) is 5.81. The zero-order chi connectivity index (χ0) is 20.3. The molecule has 3 rings (SSSR count). The van der Waals surface area contributed by atoms with Crippen LogP contribution in [0.5, 0.6) is 0 Å². The van der Waals surface area contributed by atoms with Crippen molar-refractivity contribution in [1.29, 1.82) is 0 Å². The number of nitrogens with zero attached hydrogens (tertiary/aromatic N) is 1. The third kappa shape index (κ3) is 4.40. The zero-order valence-corrected chi connectivity index (χ0v) is 16.7. The summed E-state index contributed by atoms with van der Waals surface area (Å²) >= 11 is 0. The van der Waals surface area contributed by atoms with Crippen LogP contribution in [0.15, 0.2) is 47.4 Å². The van der Waals surface area contributed by atoms with Crippen molar-refractivity contribution in [2.75, 3.05) is 14.1 Å². The van der Waals surface area contributed by atoms with E-state index in [1.165, 1.54) is 49.5 Å². The second-order valence-corrected chi connectivity index (χ2v) is 9.10. The normalized spacial score (nSPS) is 13.2. The third-order valence-corrected chi connectivity index (χ3v) is 6.53. The average molecular weight is 401 g/mol. The van der Waals surface area contributed by atoms with Gasteiger partial charge in [-0.2, -0.15) is 0 Å². The number of hydrogen-bond donors (Lipinski definition) is 2. The van der Waals surface area contributed by atoms with Crippen molar-refractivity contribution >= 4 is 21.8 Å². The minimum Gasteiger partial charge on any atom is -0.273 e. The van der Waals surface area contributed by atoms with E-state index in [1.54, 1.807) is 0 Å². The number of carbonyl (C=O) groups excluding carboxylic acids is 2. The number of rotatable bonds is 5. The van der Waals surface area contributed by atoms with Crippen LogP contribution in [0, 0.1) is 0 Å². The molecule has 2 N–H and O–H groups in total. The minimum atomic E-state index is -3.64. The molecule has 0 saturated carbocycles. The topological polar surface area (TPSA) is 95.6 Å². The molecule has 148 valence electrons. The summed E-state index contributed by atoms with van der Waals surface area (Å²) in [6.45, 7) is 0. The lowest BCUT2D eigenvalue weighted by atomic mass is 10.0. The summed E-state index contributed by atoms with van der Waals surface area (Å²) in [5.74, 6) is -0.929. The first kappa shape index (κ1) is 20.0. The minimum absolute atomic E-state index is 0.00891. The molecule has 28 heavy (non-hydrogen) atoms. The first-order valence-corrected chi connectivity index (χ1v) is 10.4. The Morgan fingerprint density at radius 2 is 1.75 bits per heavy atom. The average Bonchev–Trinajstić information content (AvgIpc) is 3.14. The molecular weight excluding hydrogens is 378 g/mol. The summed E-state index contributed by atoms with van der Waals surface area (Å²) in [7, 11) is -0.808. The number of sulfonamides is 1. The smallest absolute Gasteiger partial charge is 0.269 e. The number of amides is 2. The molecule has 0 atom stereocenters. The molecular formula is C20H23N3O4S.